The molecule has 0 radical (unpaired) electrons. The van der Waals surface area contributed by atoms with Crippen molar-refractivity contribution in [3.8, 4) is 5.75 Å². The molecule has 1 fully saturated rings. The van der Waals surface area contributed by atoms with Gasteiger partial charge in [-0.25, -0.2) is 0 Å². The normalized spacial score (nSPS) is 21.7. The first-order valence-corrected chi connectivity index (χ1v) is 18.8. The van der Waals surface area contributed by atoms with E-state index in [1.165, 1.54) is 0 Å². The van der Waals surface area contributed by atoms with E-state index in [9.17, 15) is 15.3 Å². The topological polar surface area (TPSA) is 88.4 Å². The van der Waals surface area contributed by atoms with Gasteiger partial charge in [-0.1, -0.05) is 154 Å². The highest BCUT2D eigenvalue weighted by Gasteiger charge is 2.57. The molecule has 6 nitrogen and oxygen atoms in total. The lowest BCUT2D eigenvalue weighted by molar-refractivity contribution is -0.237. The number of hydrogen-bond acceptors (Lipinski definition) is 6. The largest absolute Gasteiger partial charge is 0.497 e. The average Bonchev–Trinajstić information content (AvgIpc) is 3.14. The Morgan fingerprint density at radius 3 is 1.43 bits per heavy atom. The van der Waals surface area contributed by atoms with Crippen molar-refractivity contribution in [3.05, 3.63) is 162 Å². The molecule has 3 N–H and O–H groups in total. The maximum atomic E-state index is 12.0. The van der Waals surface area contributed by atoms with Crippen molar-refractivity contribution in [3.63, 3.8) is 0 Å². The second kappa shape index (κ2) is 14.4. The molecule has 0 unspecified atom stereocenters. The van der Waals surface area contributed by atoms with E-state index in [0.717, 1.165) is 27.1 Å². The van der Waals surface area contributed by atoms with Crippen LogP contribution in [0.2, 0.25) is 5.04 Å². The highest BCUT2D eigenvalue weighted by Crippen LogP contribution is 2.48. The minimum absolute atomic E-state index is 0.00298. The highest BCUT2D eigenvalue weighted by atomic mass is 28.4. The van der Waals surface area contributed by atoms with Crippen molar-refractivity contribution < 1.29 is 29.2 Å². The average molecular weight is 675 g/mol. The molecule has 0 aromatic heterocycles. The van der Waals surface area contributed by atoms with Crippen molar-refractivity contribution in [2.24, 2.45) is 0 Å². The van der Waals surface area contributed by atoms with Crippen LogP contribution < -0.4 is 15.1 Å². The van der Waals surface area contributed by atoms with Crippen molar-refractivity contribution in [1.29, 1.82) is 0 Å². The molecule has 0 aliphatic carbocycles. The SMILES string of the molecule is COc1ccc(C(c2ccccc2)(c2ccccc2)[C@H]2O[C@H](CO[Si](c3ccccc3)(c3ccccc3)C(C)(C)C)[C@@H](O)[C@H](O)[C@@H]2O)cc1. The van der Waals surface area contributed by atoms with Gasteiger partial charge < -0.3 is 29.2 Å². The van der Waals surface area contributed by atoms with Crippen molar-refractivity contribution in [2.45, 2.75) is 61.7 Å². The van der Waals surface area contributed by atoms with E-state index < -0.39 is 44.3 Å². The van der Waals surface area contributed by atoms with Crippen LogP contribution in [-0.2, 0) is 14.6 Å². The molecule has 0 saturated carbocycles. The van der Waals surface area contributed by atoms with Gasteiger partial charge in [0.1, 0.15) is 36.3 Å². The van der Waals surface area contributed by atoms with Crippen LogP contribution in [0.1, 0.15) is 37.5 Å². The van der Waals surface area contributed by atoms with Gasteiger partial charge in [-0.2, -0.15) is 0 Å². The van der Waals surface area contributed by atoms with Crippen molar-refractivity contribution >= 4 is 18.7 Å². The van der Waals surface area contributed by atoms with Crippen LogP contribution in [0.3, 0.4) is 0 Å². The predicted octanol–water partition coefficient (Wildman–Crippen LogP) is 5.46. The molecule has 1 aliphatic rings. The molecular formula is C42H46O6Si. The summed E-state index contributed by atoms with van der Waals surface area (Å²) in [5, 5.41) is 37.1. The fourth-order valence-corrected chi connectivity index (χ4v) is 12.2. The third-order valence-electron chi connectivity index (χ3n) is 10.0. The van der Waals surface area contributed by atoms with Gasteiger partial charge in [-0.3, -0.25) is 0 Å². The number of ether oxygens (including phenoxy) is 2. The van der Waals surface area contributed by atoms with E-state index in [-0.39, 0.29) is 11.6 Å². The zero-order chi connectivity index (χ0) is 34.6. The molecule has 254 valence electrons. The summed E-state index contributed by atoms with van der Waals surface area (Å²) in [7, 11) is -1.40. The first-order chi connectivity index (χ1) is 23.6. The minimum Gasteiger partial charge on any atom is -0.497 e. The Morgan fingerprint density at radius 2 is 1.00 bits per heavy atom. The Hall–Kier alpha value is -4.08. The summed E-state index contributed by atoms with van der Waals surface area (Å²) in [5.41, 5.74) is 1.48. The molecule has 49 heavy (non-hydrogen) atoms. The Labute approximate surface area is 290 Å². The maximum Gasteiger partial charge on any atom is 0.261 e. The number of benzene rings is 5. The monoisotopic (exact) mass is 674 g/mol. The van der Waals surface area contributed by atoms with Crippen molar-refractivity contribution in [1.82, 2.24) is 0 Å². The van der Waals surface area contributed by atoms with Gasteiger partial charge in [0.2, 0.25) is 0 Å². The standard InChI is InChI=1S/C42H46O6Si/c1-41(2,3)49(34-21-13-7-14-22-34,35-23-15-8-16-24-35)47-29-36-37(43)38(44)39(45)40(48-36)42(30-17-9-5-10-18-30,31-19-11-6-12-20-31)32-25-27-33(46-4)28-26-32/h5-28,36-40,43-45H,29H2,1-4H3/t36-,37-,38+,39+,40+/m1/s1. The molecule has 0 bridgehead atoms. The molecule has 1 saturated heterocycles. The van der Waals surface area contributed by atoms with Crippen LogP contribution in [0.15, 0.2) is 146 Å². The molecule has 5 aromatic carbocycles. The van der Waals surface area contributed by atoms with Gasteiger partial charge >= 0.3 is 0 Å². The van der Waals surface area contributed by atoms with E-state index >= 15 is 0 Å². The molecule has 0 amide bonds. The second-order valence-corrected chi connectivity index (χ2v) is 18.1. The molecular weight excluding hydrogens is 629 g/mol. The predicted molar refractivity (Wildman–Crippen MR) is 196 cm³/mol. The second-order valence-electron chi connectivity index (χ2n) is 13.8. The summed E-state index contributed by atoms with van der Waals surface area (Å²) in [5.74, 6) is 0.691. The lowest BCUT2D eigenvalue weighted by Crippen LogP contribution is -2.69. The summed E-state index contributed by atoms with van der Waals surface area (Å²) in [4.78, 5) is 0. The van der Waals surface area contributed by atoms with Crippen molar-refractivity contribution in [2.75, 3.05) is 13.7 Å². The maximum absolute atomic E-state index is 12.0. The molecule has 1 heterocycles. The van der Waals surface area contributed by atoms with E-state index in [1.807, 2.05) is 121 Å². The number of hydrogen-bond donors (Lipinski definition) is 3. The summed E-state index contributed by atoms with van der Waals surface area (Å²) in [6.45, 7) is 6.58. The number of rotatable bonds is 10. The summed E-state index contributed by atoms with van der Waals surface area (Å²) < 4.78 is 19.7. The Balaban J connectivity index is 1.49. The third kappa shape index (κ3) is 6.27. The number of methoxy groups -OCH3 is 1. The van der Waals surface area contributed by atoms with Gasteiger partial charge in [-0.05, 0) is 44.2 Å². The first kappa shape index (κ1) is 34.8. The number of aliphatic hydroxyl groups is 3. The van der Waals surface area contributed by atoms with Gasteiger partial charge in [0.15, 0.2) is 0 Å². The van der Waals surface area contributed by atoms with Crippen LogP contribution in [0.5, 0.6) is 5.75 Å². The summed E-state index contributed by atoms with van der Waals surface area (Å²) >= 11 is 0. The smallest absolute Gasteiger partial charge is 0.261 e. The molecule has 7 heteroatoms. The highest BCUT2D eigenvalue weighted by molar-refractivity contribution is 6.99. The third-order valence-corrected chi connectivity index (χ3v) is 15.0. The summed E-state index contributed by atoms with van der Waals surface area (Å²) in [6.07, 6.45) is -6.32. The van der Waals surface area contributed by atoms with Crippen LogP contribution >= 0.6 is 0 Å². The van der Waals surface area contributed by atoms with E-state index in [0.29, 0.717) is 5.75 Å². The Bertz CT molecular complexity index is 1680. The Kier molecular flexibility index (Phi) is 10.2. The molecule has 6 rings (SSSR count). The Morgan fingerprint density at radius 1 is 0.571 bits per heavy atom. The van der Waals surface area contributed by atoms with Crippen LogP contribution in [0.4, 0.5) is 0 Å². The zero-order valence-corrected chi connectivity index (χ0v) is 29.5. The van der Waals surface area contributed by atoms with Gasteiger partial charge in [0.05, 0.1) is 19.1 Å². The van der Waals surface area contributed by atoms with Gasteiger partial charge in [-0.15, -0.1) is 0 Å². The quantitative estimate of drug-likeness (QED) is 0.135. The molecule has 5 aromatic rings. The van der Waals surface area contributed by atoms with Crippen LogP contribution in [0.25, 0.3) is 0 Å². The van der Waals surface area contributed by atoms with E-state index in [4.69, 9.17) is 13.9 Å². The van der Waals surface area contributed by atoms with Crippen LogP contribution in [0, 0.1) is 0 Å². The lowest BCUT2D eigenvalue weighted by atomic mass is 9.63. The van der Waals surface area contributed by atoms with Gasteiger partial charge in [0, 0.05) is 0 Å². The molecule has 5 atom stereocenters. The van der Waals surface area contributed by atoms with Crippen LogP contribution in [-0.4, -0.2) is 67.9 Å². The first-order valence-electron chi connectivity index (χ1n) is 16.8. The number of aliphatic hydroxyl groups excluding tert-OH is 3. The van der Waals surface area contributed by atoms with E-state index in [2.05, 4.69) is 45.0 Å². The molecule has 0 spiro atoms. The van der Waals surface area contributed by atoms with E-state index in [1.54, 1.807) is 7.11 Å². The fourth-order valence-electron chi connectivity index (χ4n) is 7.66. The molecule has 1 aliphatic heterocycles. The fraction of sp³-hybridized carbons (Fsp3) is 0.286. The minimum atomic E-state index is -3.02. The van der Waals surface area contributed by atoms with Gasteiger partial charge in [0.25, 0.3) is 8.32 Å². The zero-order valence-electron chi connectivity index (χ0n) is 28.5. The lowest BCUT2D eigenvalue weighted by Gasteiger charge is -2.51. The summed E-state index contributed by atoms with van der Waals surface area (Å²) in [6, 6.07) is 48.1.